The molecule has 0 saturated heterocycles. The van der Waals surface area contributed by atoms with Crippen LogP contribution in [-0.2, 0) is 10.8 Å². The molecule has 2 aliphatic heterocycles. The standard InChI is InChI=1S/C55H49N5OSe/c1-54(2,3)41-22-24-47-49(32-41)58(36-59(47)44-30-39(37-15-9-7-10-16-37)29-40(31-44)38-17-11-8-12-18-38)43-19-13-20-45(34-43)61-46-23-25-51-50(35-46)60(48-21-14-27-57-53(48)62-51)52-33-42(26-28-56-52)55(4,5)6/h7-35H,36H2,1-6H3. The van der Waals surface area contributed by atoms with Crippen molar-refractivity contribution in [2.75, 3.05) is 21.4 Å². The van der Waals surface area contributed by atoms with Crippen molar-refractivity contribution >= 4 is 64.0 Å². The number of aromatic nitrogens is 2. The number of fused-ring (bicyclic) bond motifs is 3. The first-order valence-electron chi connectivity index (χ1n) is 21.2. The predicted octanol–water partition coefficient (Wildman–Crippen LogP) is 12.9. The van der Waals surface area contributed by atoms with Gasteiger partial charge in [0.15, 0.2) is 0 Å². The van der Waals surface area contributed by atoms with Crippen LogP contribution in [0.3, 0.4) is 0 Å². The Hall–Kier alpha value is -6.66. The molecule has 0 aliphatic carbocycles. The number of anilines is 7. The molecular formula is C55H49N5OSe. The number of pyridine rings is 2. The van der Waals surface area contributed by atoms with E-state index >= 15 is 0 Å². The van der Waals surface area contributed by atoms with Crippen molar-refractivity contribution in [2.24, 2.45) is 0 Å². The maximum atomic E-state index is 6.81. The molecule has 6 aromatic carbocycles. The predicted molar refractivity (Wildman–Crippen MR) is 259 cm³/mol. The molecule has 0 unspecified atom stereocenters. The number of nitrogens with zero attached hydrogens (tertiary/aromatic N) is 5. The van der Waals surface area contributed by atoms with Gasteiger partial charge in [-0.3, -0.25) is 0 Å². The summed E-state index contributed by atoms with van der Waals surface area (Å²) in [5.41, 5.74) is 13.9. The molecule has 6 nitrogen and oxygen atoms in total. The summed E-state index contributed by atoms with van der Waals surface area (Å²) in [5, 5.41) is 0. The number of rotatable bonds is 7. The van der Waals surface area contributed by atoms with Gasteiger partial charge in [-0.1, -0.05) is 87.5 Å². The van der Waals surface area contributed by atoms with Crippen molar-refractivity contribution in [1.29, 1.82) is 0 Å². The summed E-state index contributed by atoms with van der Waals surface area (Å²) >= 11 is 0.0336. The van der Waals surface area contributed by atoms with Crippen LogP contribution in [0.1, 0.15) is 52.7 Å². The van der Waals surface area contributed by atoms with Gasteiger partial charge >= 0.3 is 240 Å². The van der Waals surface area contributed by atoms with Gasteiger partial charge in [0.1, 0.15) is 0 Å². The Kier molecular flexibility index (Phi) is 9.97. The molecule has 0 N–H and O–H groups in total. The van der Waals surface area contributed by atoms with E-state index in [0.29, 0.717) is 6.67 Å². The number of benzene rings is 6. The van der Waals surface area contributed by atoms with E-state index in [9.17, 15) is 0 Å². The van der Waals surface area contributed by atoms with E-state index in [1.54, 1.807) is 0 Å². The Bertz CT molecular complexity index is 2880. The molecule has 4 heterocycles. The van der Waals surface area contributed by atoms with E-state index in [0.717, 1.165) is 44.7 Å². The van der Waals surface area contributed by atoms with Crippen LogP contribution in [-0.4, -0.2) is 31.6 Å². The number of hydrogen-bond acceptors (Lipinski definition) is 6. The van der Waals surface area contributed by atoms with Gasteiger partial charge in [-0.05, 0) is 45.9 Å². The Morgan fingerprint density at radius 2 is 1.15 bits per heavy atom. The van der Waals surface area contributed by atoms with Gasteiger partial charge in [0.25, 0.3) is 0 Å². The second kappa shape index (κ2) is 15.7. The van der Waals surface area contributed by atoms with Crippen molar-refractivity contribution in [3.05, 3.63) is 187 Å². The molecule has 8 aromatic rings. The van der Waals surface area contributed by atoms with Crippen LogP contribution < -0.4 is 28.5 Å². The van der Waals surface area contributed by atoms with Crippen molar-refractivity contribution in [2.45, 2.75) is 52.4 Å². The molecule has 2 aromatic heterocycles. The molecule has 306 valence electrons. The molecule has 0 atom stereocenters. The first-order chi connectivity index (χ1) is 30.0. The fourth-order valence-electron chi connectivity index (χ4n) is 8.32. The van der Waals surface area contributed by atoms with Crippen LogP contribution in [0.2, 0.25) is 0 Å². The molecule has 0 saturated carbocycles. The average molecular weight is 875 g/mol. The van der Waals surface area contributed by atoms with Gasteiger partial charge in [-0.2, -0.15) is 0 Å². The van der Waals surface area contributed by atoms with E-state index in [-0.39, 0.29) is 25.8 Å². The Labute approximate surface area is 371 Å². The third-order valence-electron chi connectivity index (χ3n) is 11.7. The van der Waals surface area contributed by atoms with Gasteiger partial charge < -0.3 is 0 Å². The van der Waals surface area contributed by atoms with Gasteiger partial charge in [-0.15, -0.1) is 0 Å². The minimum absolute atomic E-state index is 0.0193. The Morgan fingerprint density at radius 1 is 0.468 bits per heavy atom. The molecule has 2 aliphatic rings. The monoisotopic (exact) mass is 875 g/mol. The van der Waals surface area contributed by atoms with Crippen molar-refractivity contribution in [3.8, 4) is 33.8 Å². The van der Waals surface area contributed by atoms with Gasteiger partial charge in [0.05, 0.1) is 0 Å². The second-order valence-electron chi connectivity index (χ2n) is 18.1. The zero-order chi connectivity index (χ0) is 42.6. The Balaban J connectivity index is 1.02. The van der Waals surface area contributed by atoms with E-state index in [1.165, 1.54) is 49.2 Å². The third kappa shape index (κ3) is 7.64. The van der Waals surface area contributed by atoms with Gasteiger partial charge in [0, 0.05) is 0 Å². The fourth-order valence-corrected chi connectivity index (χ4v) is 10.4. The van der Waals surface area contributed by atoms with E-state index in [4.69, 9.17) is 14.7 Å². The fraction of sp³-hybridized carbons (Fsp3) is 0.164. The van der Waals surface area contributed by atoms with Crippen molar-refractivity contribution in [1.82, 2.24) is 9.97 Å². The van der Waals surface area contributed by atoms with Crippen molar-refractivity contribution < 1.29 is 4.74 Å². The molecule has 62 heavy (non-hydrogen) atoms. The number of ether oxygens (including phenoxy) is 1. The summed E-state index contributed by atoms with van der Waals surface area (Å²) in [7, 11) is 0. The van der Waals surface area contributed by atoms with Crippen LogP contribution in [0.15, 0.2) is 176 Å². The summed E-state index contributed by atoms with van der Waals surface area (Å²) in [4.78, 5) is 16.8. The summed E-state index contributed by atoms with van der Waals surface area (Å²) in [5.74, 6) is 2.42. The van der Waals surface area contributed by atoms with E-state index in [2.05, 4.69) is 208 Å². The quantitative estimate of drug-likeness (QED) is 0.149. The zero-order valence-corrected chi connectivity index (χ0v) is 37.7. The zero-order valence-electron chi connectivity index (χ0n) is 36.0. The molecule has 0 radical (unpaired) electrons. The summed E-state index contributed by atoms with van der Waals surface area (Å²) in [6.07, 6.45) is 3.81. The SMILES string of the molecule is CC(C)(C)c1ccnc(N2c3cc(Oc4cccc(N5CN(c6cc(-c7ccccc7)cc(-c7ccccc7)c6)c6ccc(C(C)(C)C)cc65)c4)ccc3[Se]c3ncccc32)c1. The molecule has 10 rings (SSSR count). The molecule has 0 amide bonds. The van der Waals surface area contributed by atoms with Gasteiger partial charge in [-0.25, -0.2) is 0 Å². The Morgan fingerprint density at radius 3 is 1.85 bits per heavy atom. The van der Waals surface area contributed by atoms with Crippen LogP contribution in [0.4, 0.5) is 39.9 Å². The normalized spacial score (nSPS) is 13.4. The minimum atomic E-state index is -0.0213. The van der Waals surface area contributed by atoms with E-state index < -0.39 is 0 Å². The molecule has 7 heteroatoms. The van der Waals surface area contributed by atoms with Gasteiger partial charge in [0.2, 0.25) is 0 Å². The molecule has 0 bridgehead atoms. The second-order valence-corrected chi connectivity index (χ2v) is 20.3. The van der Waals surface area contributed by atoms with E-state index in [1.807, 2.05) is 24.5 Å². The summed E-state index contributed by atoms with van der Waals surface area (Å²) < 4.78 is 9.14. The summed E-state index contributed by atoms with van der Waals surface area (Å²) in [6, 6.07) is 58.7. The number of hydrogen-bond donors (Lipinski definition) is 0. The average Bonchev–Trinajstić information content (AvgIpc) is 3.68. The maximum absolute atomic E-state index is 6.81. The van der Waals surface area contributed by atoms with Crippen LogP contribution in [0, 0.1) is 0 Å². The van der Waals surface area contributed by atoms with Crippen LogP contribution in [0.25, 0.3) is 22.3 Å². The van der Waals surface area contributed by atoms with Crippen LogP contribution in [0.5, 0.6) is 11.5 Å². The third-order valence-corrected chi connectivity index (χ3v) is 14.0. The topological polar surface area (TPSA) is 44.7 Å². The first kappa shape index (κ1) is 39.5. The van der Waals surface area contributed by atoms with Crippen molar-refractivity contribution in [3.63, 3.8) is 0 Å². The molecular weight excluding hydrogens is 826 g/mol. The van der Waals surface area contributed by atoms with Crippen LogP contribution >= 0.6 is 0 Å². The molecule has 0 fully saturated rings. The first-order valence-corrected chi connectivity index (χ1v) is 22.9. The molecule has 0 spiro atoms. The summed E-state index contributed by atoms with van der Waals surface area (Å²) in [6.45, 7) is 14.2.